The highest BCUT2D eigenvalue weighted by molar-refractivity contribution is 5.67. The van der Waals surface area contributed by atoms with Crippen molar-refractivity contribution in [2.45, 2.75) is 6.42 Å². The standard InChI is InChI=1S/C14H12F2N4/c1-20(2)13(10(8-17)9-18)6-7-19-14-11(15)4-3-5-12(14)16/h3-5,7H,6H2,1-2H3. The van der Waals surface area contributed by atoms with Gasteiger partial charge in [0.25, 0.3) is 0 Å². The average Bonchev–Trinajstić information content (AvgIpc) is 2.40. The lowest BCUT2D eigenvalue weighted by Crippen LogP contribution is -2.13. The second-order valence-corrected chi connectivity index (χ2v) is 4.03. The number of hydrogen-bond acceptors (Lipinski definition) is 4. The van der Waals surface area contributed by atoms with Crippen LogP contribution in [0.2, 0.25) is 0 Å². The van der Waals surface area contributed by atoms with Crippen LogP contribution in [0.4, 0.5) is 14.5 Å². The molecule has 0 aliphatic carbocycles. The van der Waals surface area contributed by atoms with Gasteiger partial charge in [0.2, 0.25) is 0 Å². The van der Waals surface area contributed by atoms with Crippen LogP contribution < -0.4 is 0 Å². The molecule has 0 spiro atoms. The Morgan fingerprint density at radius 2 is 1.80 bits per heavy atom. The topological polar surface area (TPSA) is 63.2 Å². The van der Waals surface area contributed by atoms with Gasteiger partial charge in [0, 0.05) is 32.4 Å². The first kappa shape index (κ1) is 15.3. The molecule has 0 saturated heterocycles. The number of allylic oxidation sites excluding steroid dienone is 2. The minimum Gasteiger partial charge on any atom is -0.379 e. The van der Waals surface area contributed by atoms with Crippen LogP contribution in [0.1, 0.15) is 6.42 Å². The molecule has 0 saturated carbocycles. The van der Waals surface area contributed by atoms with Crippen LogP contribution in [0.15, 0.2) is 34.5 Å². The molecule has 6 heteroatoms. The van der Waals surface area contributed by atoms with Gasteiger partial charge in [-0.2, -0.15) is 10.5 Å². The molecule has 102 valence electrons. The highest BCUT2D eigenvalue weighted by Crippen LogP contribution is 2.21. The second-order valence-electron chi connectivity index (χ2n) is 4.03. The number of hydrogen-bond donors (Lipinski definition) is 0. The van der Waals surface area contributed by atoms with Gasteiger partial charge >= 0.3 is 0 Å². The van der Waals surface area contributed by atoms with E-state index in [1.165, 1.54) is 12.3 Å². The van der Waals surface area contributed by atoms with E-state index >= 15 is 0 Å². The Bertz CT molecular complexity index is 597. The van der Waals surface area contributed by atoms with Crippen molar-refractivity contribution >= 4 is 11.9 Å². The molecule has 0 fully saturated rings. The first-order valence-electron chi connectivity index (χ1n) is 5.68. The predicted octanol–water partition coefficient (Wildman–Crippen LogP) is 2.92. The fourth-order valence-electron chi connectivity index (χ4n) is 1.50. The number of nitrogens with zero attached hydrogens (tertiary/aromatic N) is 4. The van der Waals surface area contributed by atoms with Crippen molar-refractivity contribution in [1.29, 1.82) is 10.5 Å². The third kappa shape index (κ3) is 3.63. The molecule has 1 rings (SSSR count). The van der Waals surface area contributed by atoms with E-state index in [2.05, 4.69) is 4.99 Å². The molecule has 1 aromatic rings. The molecule has 0 amide bonds. The fraction of sp³-hybridized carbons (Fsp3) is 0.214. The minimum absolute atomic E-state index is 0.0598. The lowest BCUT2D eigenvalue weighted by atomic mass is 10.2. The van der Waals surface area contributed by atoms with E-state index in [1.54, 1.807) is 31.1 Å². The quantitative estimate of drug-likeness (QED) is 0.626. The third-order valence-corrected chi connectivity index (χ3v) is 2.49. The summed E-state index contributed by atoms with van der Waals surface area (Å²) in [6, 6.07) is 7.00. The number of halogens is 2. The molecule has 0 aliphatic rings. The molecular formula is C14H12F2N4. The van der Waals surface area contributed by atoms with Crippen molar-refractivity contribution < 1.29 is 8.78 Å². The largest absolute Gasteiger partial charge is 0.379 e. The van der Waals surface area contributed by atoms with E-state index in [0.717, 1.165) is 12.1 Å². The smallest absolute Gasteiger partial charge is 0.151 e. The molecule has 0 bridgehead atoms. The summed E-state index contributed by atoms with van der Waals surface area (Å²) in [6.07, 6.45) is 1.39. The first-order chi connectivity index (χ1) is 9.51. The molecule has 0 aromatic heterocycles. The van der Waals surface area contributed by atoms with Crippen molar-refractivity contribution in [1.82, 2.24) is 4.90 Å². The van der Waals surface area contributed by atoms with Crippen molar-refractivity contribution in [2.24, 2.45) is 4.99 Å². The van der Waals surface area contributed by atoms with Gasteiger partial charge in [-0.25, -0.2) is 8.78 Å². The maximum absolute atomic E-state index is 13.3. The maximum atomic E-state index is 13.3. The summed E-state index contributed by atoms with van der Waals surface area (Å²) in [5.41, 5.74) is -0.0213. The van der Waals surface area contributed by atoms with Crippen LogP contribution in [-0.4, -0.2) is 25.2 Å². The number of nitriles is 2. The van der Waals surface area contributed by atoms with Gasteiger partial charge < -0.3 is 4.90 Å². The highest BCUT2D eigenvalue weighted by atomic mass is 19.1. The van der Waals surface area contributed by atoms with Crippen LogP contribution in [0.5, 0.6) is 0 Å². The summed E-state index contributed by atoms with van der Waals surface area (Å²) in [7, 11) is 3.34. The zero-order valence-electron chi connectivity index (χ0n) is 11.1. The van der Waals surface area contributed by atoms with E-state index in [-0.39, 0.29) is 17.7 Å². The fourth-order valence-corrected chi connectivity index (χ4v) is 1.50. The Kier molecular flexibility index (Phi) is 5.37. The second kappa shape index (κ2) is 7.01. The Morgan fingerprint density at radius 1 is 1.25 bits per heavy atom. The van der Waals surface area contributed by atoms with Gasteiger partial charge in [0.15, 0.2) is 11.6 Å². The Balaban J connectivity index is 3.01. The monoisotopic (exact) mass is 274 g/mol. The Labute approximate surface area is 115 Å². The average molecular weight is 274 g/mol. The van der Waals surface area contributed by atoms with Crippen molar-refractivity contribution in [3.05, 3.63) is 41.1 Å². The van der Waals surface area contributed by atoms with Crippen molar-refractivity contribution in [3.63, 3.8) is 0 Å². The molecule has 0 N–H and O–H groups in total. The molecule has 0 unspecified atom stereocenters. The zero-order valence-corrected chi connectivity index (χ0v) is 11.1. The van der Waals surface area contributed by atoms with Gasteiger partial charge in [-0.1, -0.05) is 6.07 Å². The van der Waals surface area contributed by atoms with Gasteiger partial charge in [0.1, 0.15) is 23.4 Å². The Morgan fingerprint density at radius 3 is 2.25 bits per heavy atom. The molecular weight excluding hydrogens is 262 g/mol. The highest BCUT2D eigenvalue weighted by Gasteiger charge is 2.09. The minimum atomic E-state index is -0.766. The lowest BCUT2D eigenvalue weighted by Gasteiger charge is -2.15. The molecule has 4 nitrogen and oxygen atoms in total. The summed E-state index contributed by atoms with van der Waals surface area (Å²) in [5.74, 6) is -1.53. The SMILES string of the molecule is CN(C)C(CC=Nc1c(F)cccc1F)=C(C#N)C#N. The normalized spacial score (nSPS) is 9.90. The van der Waals surface area contributed by atoms with Gasteiger partial charge in [0.05, 0.1) is 0 Å². The van der Waals surface area contributed by atoms with Crippen molar-refractivity contribution in [2.75, 3.05) is 14.1 Å². The molecule has 1 aromatic carbocycles. The Hall–Kier alpha value is -2.73. The molecule has 0 atom stereocenters. The summed E-state index contributed by atoms with van der Waals surface area (Å²) in [4.78, 5) is 5.31. The summed E-state index contributed by atoms with van der Waals surface area (Å²) in [5, 5.41) is 17.7. The van der Waals surface area contributed by atoms with Crippen LogP contribution >= 0.6 is 0 Å². The van der Waals surface area contributed by atoms with Crippen LogP contribution in [0, 0.1) is 34.3 Å². The number of benzene rings is 1. The molecule has 0 heterocycles. The number of rotatable bonds is 4. The summed E-state index contributed by atoms with van der Waals surface area (Å²) >= 11 is 0. The van der Waals surface area contributed by atoms with Crippen LogP contribution in [0.25, 0.3) is 0 Å². The van der Waals surface area contributed by atoms with E-state index in [1.807, 2.05) is 0 Å². The van der Waals surface area contributed by atoms with Gasteiger partial charge in [-0.05, 0) is 12.1 Å². The maximum Gasteiger partial charge on any atom is 0.151 e. The van der Waals surface area contributed by atoms with E-state index < -0.39 is 11.6 Å². The molecule has 20 heavy (non-hydrogen) atoms. The van der Waals surface area contributed by atoms with Gasteiger partial charge in [-0.3, -0.25) is 4.99 Å². The first-order valence-corrected chi connectivity index (χ1v) is 5.68. The van der Waals surface area contributed by atoms with Crippen molar-refractivity contribution in [3.8, 4) is 12.1 Å². The van der Waals surface area contributed by atoms with E-state index in [9.17, 15) is 8.78 Å². The van der Waals surface area contributed by atoms with E-state index in [0.29, 0.717) is 5.70 Å². The lowest BCUT2D eigenvalue weighted by molar-refractivity contribution is 0.503. The number of aliphatic imine (C=N–C) groups is 1. The molecule has 0 radical (unpaired) electrons. The third-order valence-electron chi connectivity index (χ3n) is 2.49. The number of para-hydroxylation sites is 1. The predicted molar refractivity (Wildman–Crippen MR) is 71.1 cm³/mol. The zero-order chi connectivity index (χ0) is 15.1. The van der Waals surface area contributed by atoms with Crippen LogP contribution in [0.3, 0.4) is 0 Å². The summed E-state index contributed by atoms with van der Waals surface area (Å²) < 4.78 is 26.7. The van der Waals surface area contributed by atoms with Crippen LogP contribution in [-0.2, 0) is 0 Å². The molecule has 0 aliphatic heterocycles. The van der Waals surface area contributed by atoms with Gasteiger partial charge in [-0.15, -0.1) is 0 Å². The van der Waals surface area contributed by atoms with E-state index in [4.69, 9.17) is 10.5 Å². The summed E-state index contributed by atoms with van der Waals surface area (Å²) in [6.45, 7) is 0.